The Hall–Kier alpha value is -1.99. The van der Waals surface area contributed by atoms with Gasteiger partial charge in [0.05, 0.1) is 7.11 Å². The molecule has 0 bridgehead atoms. The number of ether oxygens (including phenoxy) is 1. The molecule has 1 aromatic heterocycles. The number of aromatic nitrogens is 3. The predicted octanol–water partition coefficient (Wildman–Crippen LogP) is 8.71. The molecule has 4 fully saturated rings. The van der Waals surface area contributed by atoms with Crippen molar-refractivity contribution in [3.8, 4) is 11.4 Å². The van der Waals surface area contributed by atoms with E-state index in [1.54, 1.807) is 4.68 Å². The lowest BCUT2D eigenvalue weighted by atomic mass is 9.44. The molecule has 1 N–H and O–H groups in total. The number of benzene rings is 1. The average molecular weight is 597 g/mol. The zero-order valence-electron chi connectivity index (χ0n) is 25.0. The van der Waals surface area contributed by atoms with Gasteiger partial charge in [-0.2, -0.15) is 14.9 Å². The van der Waals surface area contributed by atoms with Crippen molar-refractivity contribution in [1.82, 2.24) is 14.9 Å². The van der Waals surface area contributed by atoms with E-state index in [4.69, 9.17) is 33.7 Å². The number of hydrogen-bond donors (Lipinski definition) is 1. The smallest absolute Gasteiger partial charge is 0.305 e. The van der Waals surface area contributed by atoms with Crippen molar-refractivity contribution in [2.24, 2.45) is 51.4 Å². The highest BCUT2D eigenvalue weighted by atomic mass is 35.5. The van der Waals surface area contributed by atoms with E-state index in [2.05, 4.69) is 31.0 Å². The van der Waals surface area contributed by atoms with Crippen LogP contribution in [0.5, 0.6) is 0 Å². The highest BCUT2D eigenvalue weighted by molar-refractivity contribution is 7.71. The van der Waals surface area contributed by atoms with Crippen molar-refractivity contribution in [2.75, 3.05) is 7.11 Å². The fourth-order valence-electron chi connectivity index (χ4n) is 10.1. The molecular formula is C33H45ClN4O2S. The number of fused-ring (bicyclic) bond motifs is 5. The molecule has 0 aliphatic heterocycles. The number of rotatable bonds is 6. The van der Waals surface area contributed by atoms with Crippen LogP contribution in [0, 0.1) is 51.1 Å². The van der Waals surface area contributed by atoms with Crippen LogP contribution < -0.4 is 0 Å². The van der Waals surface area contributed by atoms with Crippen LogP contribution >= 0.6 is 23.8 Å². The molecule has 0 spiro atoms. The first kappa shape index (κ1) is 29.1. The van der Waals surface area contributed by atoms with Crippen LogP contribution in [0.25, 0.3) is 11.4 Å². The van der Waals surface area contributed by atoms with E-state index in [0.29, 0.717) is 44.7 Å². The van der Waals surface area contributed by atoms with Gasteiger partial charge in [-0.05, 0) is 135 Å². The molecule has 4 aliphatic carbocycles. The van der Waals surface area contributed by atoms with Crippen LogP contribution in [0.4, 0.5) is 0 Å². The standard InChI is InChI=1S/C33H45ClN4O2S/c1-20(8-13-29(39)40-4)26-11-12-27-25-10-9-22-19-24(14-16-32(22,2)28(25)15-17-33(26,27)3)37-38-30(35-36-31(38)41)21-6-5-7-23(34)18-21/h5-7,18,20,22,25-28H,8-17,19H2,1-4H3,(H,36,41)/b37-24-/t20-,22-,25+,26-,27+,28+,32+,33-/m1/s1. The summed E-state index contributed by atoms with van der Waals surface area (Å²) in [6, 6.07) is 7.71. The molecule has 222 valence electrons. The predicted molar refractivity (Wildman–Crippen MR) is 166 cm³/mol. The maximum atomic E-state index is 11.8. The third-order valence-corrected chi connectivity index (χ3v) is 12.8. The quantitative estimate of drug-likeness (QED) is 0.267. The molecule has 0 radical (unpaired) electrons. The van der Waals surface area contributed by atoms with Gasteiger partial charge in [-0.3, -0.25) is 4.79 Å². The van der Waals surface area contributed by atoms with Crippen molar-refractivity contribution >= 4 is 35.5 Å². The minimum atomic E-state index is -0.0671. The number of carbonyl (C=O) groups excluding carboxylic acids is 1. The Bertz CT molecular complexity index is 1390. The van der Waals surface area contributed by atoms with Gasteiger partial charge in [0.15, 0.2) is 5.82 Å². The number of aromatic amines is 1. The number of esters is 1. The zero-order valence-corrected chi connectivity index (χ0v) is 26.6. The summed E-state index contributed by atoms with van der Waals surface area (Å²) >= 11 is 11.8. The molecule has 1 aromatic carbocycles. The fraction of sp³-hybridized carbons (Fsp3) is 0.697. The van der Waals surface area contributed by atoms with Crippen LogP contribution in [0.3, 0.4) is 0 Å². The normalized spacial score (nSPS) is 36.3. The van der Waals surface area contributed by atoms with Crippen LogP contribution in [0.2, 0.25) is 5.02 Å². The van der Waals surface area contributed by atoms with Crippen molar-refractivity contribution in [3.63, 3.8) is 0 Å². The molecule has 41 heavy (non-hydrogen) atoms. The molecule has 4 aliphatic rings. The molecule has 6 nitrogen and oxygen atoms in total. The van der Waals surface area contributed by atoms with E-state index in [-0.39, 0.29) is 5.97 Å². The maximum absolute atomic E-state index is 11.8. The number of halogens is 1. The fourth-order valence-corrected chi connectivity index (χ4v) is 10.5. The minimum Gasteiger partial charge on any atom is -0.469 e. The van der Waals surface area contributed by atoms with Crippen LogP contribution in [-0.4, -0.2) is 33.7 Å². The molecule has 1 heterocycles. The molecule has 0 unspecified atom stereocenters. The Morgan fingerprint density at radius 2 is 2.00 bits per heavy atom. The largest absolute Gasteiger partial charge is 0.469 e. The van der Waals surface area contributed by atoms with Crippen molar-refractivity contribution in [3.05, 3.63) is 34.1 Å². The first-order chi connectivity index (χ1) is 19.6. The van der Waals surface area contributed by atoms with Gasteiger partial charge in [0, 0.05) is 22.7 Å². The second-order valence-corrected chi connectivity index (χ2v) is 14.8. The van der Waals surface area contributed by atoms with Gasteiger partial charge in [-0.25, -0.2) is 5.10 Å². The van der Waals surface area contributed by atoms with Gasteiger partial charge < -0.3 is 4.74 Å². The lowest BCUT2D eigenvalue weighted by molar-refractivity contribution is -0.141. The van der Waals surface area contributed by atoms with E-state index >= 15 is 0 Å². The first-order valence-corrected chi connectivity index (χ1v) is 16.5. The van der Waals surface area contributed by atoms with E-state index in [1.807, 2.05) is 24.3 Å². The number of hydrogen-bond acceptors (Lipinski definition) is 5. The first-order valence-electron chi connectivity index (χ1n) is 15.7. The van der Waals surface area contributed by atoms with Gasteiger partial charge in [0.25, 0.3) is 0 Å². The molecule has 6 rings (SSSR count). The Labute approximate surface area is 254 Å². The van der Waals surface area contributed by atoms with Gasteiger partial charge in [-0.1, -0.05) is 44.5 Å². The van der Waals surface area contributed by atoms with E-state index < -0.39 is 0 Å². The topological polar surface area (TPSA) is 72.3 Å². The zero-order chi connectivity index (χ0) is 28.9. The van der Waals surface area contributed by atoms with E-state index in [1.165, 1.54) is 57.8 Å². The summed E-state index contributed by atoms with van der Waals surface area (Å²) in [5.41, 5.74) is 2.95. The number of methoxy groups -OCH3 is 1. The Kier molecular flexibility index (Phi) is 7.99. The number of nitrogens with zero attached hydrogens (tertiary/aromatic N) is 3. The average Bonchev–Trinajstić information content (AvgIpc) is 3.51. The van der Waals surface area contributed by atoms with Crippen molar-refractivity contribution < 1.29 is 9.53 Å². The summed E-state index contributed by atoms with van der Waals surface area (Å²) in [7, 11) is 1.50. The van der Waals surface area contributed by atoms with Crippen LogP contribution in [-0.2, 0) is 9.53 Å². The minimum absolute atomic E-state index is 0.0671. The van der Waals surface area contributed by atoms with Gasteiger partial charge in [-0.15, -0.1) is 0 Å². The van der Waals surface area contributed by atoms with Crippen molar-refractivity contribution in [1.29, 1.82) is 0 Å². The van der Waals surface area contributed by atoms with Gasteiger partial charge in [0.1, 0.15) is 0 Å². The molecule has 2 aromatic rings. The lowest BCUT2D eigenvalue weighted by Gasteiger charge is -2.61. The molecule has 0 saturated heterocycles. The Balaban J connectivity index is 1.18. The van der Waals surface area contributed by atoms with Crippen molar-refractivity contribution in [2.45, 2.75) is 91.4 Å². The van der Waals surface area contributed by atoms with Crippen LogP contribution in [0.1, 0.15) is 91.4 Å². The summed E-state index contributed by atoms with van der Waals surface area (Å²) < 4.78 is 7.26. The molecule has 4 saturated carbocycles. The monoisotopic (exact) mass is 596 g/mol. The number of nitrogens with one attached hydrogen (secondary N) is 1. The molecule has 8 atom stereocenters. The third-order valence-electron chi connectivity index (χ3n) is 12.3. The number of H-pyrrole nitrogens is 1. The number of carbonyl (C=O) groups is 1. The SMILES string of the molecule is COC(=O)CC[C@@H](C)[C@H]1CC[C@H]2[C@@H]3CC[C@@H]4C/C(=N\n5c(-c6cccc(Cl)c6)n[nH]c5=S)CC[C@]4(C)[C@H]3CC[C@]12C. The molecule has 8 heteroatoms. The van der Waals surface area contributed by atoms with Gasteiger partial charge in [0.2, 0.25) is 4.77 Å². The summed E-state index contributed by atoms with van der Waals surface area (Å²) in [4.78, 5) is 11.8. The highest BCUT2D eigenvalue weighted by Crippen LogP contribution is 2.68. The molecular weight excluding hydrogens is 552 g/mol. The highest BCUT2D eigenvalue weighted by Gasteiger charge is 2.60. The van der Waals surface area contributed by atoms with Gasteiger partial charge >= 0.3 is 5.97 Å². The Morgan fingerprint density at radius 1 is 1.20 bits per heavy atom. The van der Waals surface area contributed by atoms with E-state index in [9.17, 15) is 4.79 Å². The summed E-state index contributed by atoms with van der Waals surface area (Å²) in [5.74, 6) is 5.09. The molecule has 0 amide bonds. The second-order valence-electron chi connectivity index (χ2n) is 14.0. The van der Waals surface area contributed by atoms with Crippen LogP contribution in [0.15, 0.2) is 29.4 Å². The Morgan fingerprint density at radius 3 is 2.78 bits per heavy atom. The summed E-state index contributed by atoms with van der Waals surface area (Å²) in [6.07, 6.45) is 12.8. The summed E-state index contributed by atoms with van der Waals surface area (Å²) in [5, 5.41) is 13.2. The van der Waals surface area contributed by atoms with E-state index in [0.717, 1.165) is 48.5 Å². The maximum Gasteiger partial charge on any atom is 0.305 e. The summed E-state index contributed by atoms with van der Waals surface area (Å²) in [6.45, 7) is 7.60. The second kappa shape index (κ2) is 11.3. The lowest BCUT2D eigenvalue weighted by Crippen LogP contribution is -2.53. The third kappa shape index (κ3) is 5.13.